The zero-order valence-electron chi connectivity index (χ0n) is 8.69. The van der Waals surface area contributed by atoms with Crippen LogP contribution >= 0.6 is 0 Å². The molecule has 0 heterocycles. The number of carbonyl (C=O) groups is 1. The SMILES string of the molecule is COc1ccc(C(=O)CC(O)C(F)F)cc1. The molecular formula is C11H12F2O3. The van der Waals surface area contributed by atoms with E-state index < -0.39 is 24.7 Å². The third-order valence-electron chi connectivity index (χ3n) is 2.10. The summed E-state index contributed by atoms with van der Waals surface area (Å²) in [7, 11) is 1.48. The summed E-state index contributed by atoms with van der Waals surface area (Å²) in [6, 6.07) is 6.06. The largest absolute Gasteiger partial charge is 0.497 e. The van der Waals surface area contributed by atoms with Crippen molar-refractivity contribution in [1.82, 2.24) is 0 Å². The highest BCUT2D eigenvalue weighted by atomic mass is 19.3. The Labute approximate surface area is 91.7 Å². The molecule has 0 fully saturated rings. The third-order valence-corrected chi connectivity index (χ3v) is 2.10. The fourth-order valence-electron chi connectivity index (χ4n) is 1.17. The lowest BCUT2D eigenvalue weighted by atomic mass is 10.1. The molecule has 0 saturated heterocycles. The summed E-state index contributed by atoms with van der Waals surface area (Å²) in [6.45, 7) is 0. The number of ketones is 1. The van der Waals surface area contributed by atoms with Gasteiger partial charge in [-0.05, 0) is 24.3 Å². The molecule has 1 aromatic carbocycles. The van der Waals surface area contributed by atoms with Gasteiger partial charge in [0, 0.05) is 12.0 Å². The zero-order chi connectivity index (χ0) is 12.1. The molecule has 0 spiro atoms. The maximum atomic E-state index is 12.0. The smallest absolute Gasteiger partial charge is 0.264 e. The van der Waals surface area contributed by atoms with Crippen molar-refractivity contribution < 1.29 is 23.4 Å². The zero-order valence-corrected chi connectivity index (χ0v) is 8.69. The van der Waals surface area contributed by atoms with Gasteiger partial charge < -0.3 is 9.84 Å². The second-order valence-electron chi connectivity index (χ2n) is 3.26. The van der Waals surface area contributed by atoms with Gasteiger partial charge in [0.05, 0.1) is 7.11 Å². The molecule has 16 heavy (non-hydrogen) atoms. The molecule has 0 aliphatic carbocycles. The fourth-order valence-corrected chi connectivity index (χ4v) is 1.17. The standard InChI is InChI=1S/C11H12F2O3/c1-16-8-4-2-7(3-5-8)9(14)6-10(15)11(12)13/h2-5,10-11,15H,6H2,1H3. The summed E-state index contributed by atoms with van der Waals surface area (Å²) in [5.41, 5.74) is 0.278. The normalized spacial score (nSPS) is 12.6. The van der Waals surface area contributed by atoms with E-state index in [2.05, 4.69) is 0 Å². The molecule has 0 radical (unpaired) electrons. The monoisotopic (exact) mass is 230 g/mol. The van der Waals surface area contributed by atoms with Gasteiger partial charge in [0.2, 0.25) is 0 Å². The number of benzene rings is 1. The molecule has 0 aliphatic heterocycles. The molecule has 1 rings (SSSR count). The molecule has 0 saturated carbocycles. The molecule has 0 bridgehead atoms. The third kappa shape index (κ3) is 3.27. The van der Waals surface area contributed by atoms with Crippen LogP contribution in [0.5, 0.6) is 5.75 Å². The molecule has 0 aliphatic rings. The highest BCUT2D eigenvalue weighted by Crippen LogP contribution is 2.15. The summed E-state index contributed by atoms with van der Waals surface area (Å²) >= 11 is 0. The highest BCUT2D eigenvalue weighted by molar-refractivity contribution is 5.96. The Morgan fingerprint density at radius 1 is 1.38 bits per heavy atom. The van der Waals surface area contributed by atoms with Crippen molar-refractivity contribution in [3.63, 3.8) is 0 Å². The van der Waals surface area contributed by atoms with Gasteiger partial charge in [-0.3, -0.25) is 4.79 Å². The molecule has 3 nitrogen and oxygen atoms in total. The maximum absolute atomic E-state index is 12.0. The van der Waals surface area contributed by atoms with Crippen molar-refractivity contribution in [2.75, 3.05) is 7.11 Å². The number of hydrogen-bond acceptors (Lipinski definition) is 3. The number of aliphatic hydroxyl groups excluding tert-OH is 1. The Morgan fingerprint density at radius 2 is 1.94 bits per heavy atom. The molecule has 1 atom stereocenters. The number of alkyl halides is 2. The fraction of sp³-hybridized carbons (Fsp3) is 0.364. The van der Waals surface area contributed by atoms with Gasteiger partial charge in [-0.2, -0.15) is 0 Å². The number of methoxy groups -OCH3 is 1. The van der Waals surface area contributed by atoms with E-state index in [0.717, 1.165) is 0 Å². The number of Topliss-reactive ketones (excluding diaryl/α,β-unsaturated/α-hetero) is 1. The predicted octanol–water partition coefficient (Wildman–Crippen LogP) is 1.89. The van der Waals surface area contributed by atoms with Crippen LogP contribution in [0.15, 0.2) is 24.3 Å². The first kappa shape index (κ1) is 12.6. The topological polar surface area (TPSA) is 46.5 Å². The van der Waals surface area contributed by atoms with Crippen molar-refractivity contribution in [1.29, 1.82) is 0 Å². The van der Waals surface area contributed by atoms with Gasteiger partial charge >= 0.3 is 0 Å². The van der Waals surface area contributed by atoms with E-state index in [-0.39, 0.29) is 5.56 Å². The number of rotatable bonds is 5. The quantitative estimate of drug-likeness (QED) is 0.786. The van der Waals surface area contributed by atoms with Gasteiger partial charge in [0.15, 0.2) is 5.78 Å². The van der Waals surface area contributed by atoms with Gasteiger partial charge in [-0.15, -0.1) is 0 Å². The van der Waals surface area contributed by atoms with Gasteiger partial charge in [-0.1, -0.05) is 0 Å². The summed E-state index contributed by atoms with van der Waals surface area (Å²) < 4.78 is 28.9. The lowest BCUT2D eigenvalue weighted by Crippen LogP contribution is -2.21. The maximum Gasteiger partial charge on any atom is 0.264 e. The van der Waals surface area contributed by atoms with E-state index in [4.69, 9.17) is 9.84 Å². The molecule has 0 aromatic heterocycles. The number of carbonyl (C=O) groups excluding carboxylic acids is 1. The second-order valence-corrected chi connectivity index (χ2v) is 3.26. The summed E-state index contributed by atoms with van der Waals surface area (Å²) in [6.07, 6.45) is -5.39. The van der Waals surface area contributed by atoms with Crippen LogP contribution in [0.4, 0.5) is 8.78 Å². The van der Waals surface area contributed by atoms with E-state index in [1.165, 1.54) is 19.2 Å². The summed E-state index contributed by atoms with van der Waals surface area (Å²) in [4.78, 5) is 11.4. The molecule has 1 unspecified atom stereocenters. The minimum absolute atomic E-state index is 0.278. The van der Waals surface area contributed by atoms with Crippen LogP contribution in [0.25, 0.3) is 0 Å². The molecule has 1 aromatic rings. The molecule has 0 amide bonds. The number of ether oxygens (including phenoxy) is 1. The Hall–Kier alpha value is -1.49. The molecule has 88 valence electrons. The predicted molar refractivity (Wildman–Crippen MR) is 54.0 cm³/mol. The summed E-state index contributed by atoms with van der Waals surface area (Å²) in [5, 5.41) is 8.86. The number of aliphatic hydroxyl groups is 1. The van der Waals surface area contributed by atoms with E-state index >= 15 is 0 Å². The first-order valence-corrected chi connectivity index (χ1v) is 4.68. The molecule has 5 heteroatoms. The van der Waals surface area contributed by atoms with Crippen molar-refractivity contribution in [2.45, 2.75) is 19.0 Å². The van der Waals surface area contributed by atoms with Crippen LogP contribution in [0.3, 0.4) is 0 Å². The highest BCUT2D eigenvalue weighted by Gasteiger charge is 2.21. The minimum atomic E-state index is -2.90. The van der Waals surface area contributed by atoms with Crippen LogP contribution in [0, 0.1) is 0 Å². The van der Waals surface area contributed by atoms with E-state index in [9.17, 15) is 13.6 Å². The molecule has 1 N–H and O–H groups in total. The lowest BCUT2D eigenvalue weighted by molar-refractivity contribution is -0.00608. The van der Waals surface area contributed by atoms with E-state index in [1.54, 1.807) is 12.1 Å². The minimum Gasteiger partial charge on any atom is -0.497 e. The van der Waals surface area contributed by atoms with Crippen molar-refractivity contribution in [3.8, 4) is 5.75 Å². The Bertz CT molecular complexity index is 349. The summed E-state index contributed by atoms with van der Waals surface area (Å²) in [5.74, 6) is 0.0569. The van der Waals surface area contributed by atoms with Crippen LogP contribution in [-0.2, 0) is 0 Å². The van der Waals surface area contributed by atoms with Crippen LogP contribution < -0.4 is 4.74 Å². The van der Waals surface area contributed by atoms with E-state index in [1.807, 2.05) is 0 Å². The first-order chi connectivity index (χ1) is 7.54. The average molecular weight is 230 g/mol. The Kier molecular flexibility index (Phi) is 4.37. The van der Waals surface area contributed by atoms with Crippen molar-refractivity contribution in [3.05, 3.63) is 29.8 Å². The van der Waals surface area contributed by atoms with Crippen molar-refractivity contribution >= 4 is 5.78 Å². The van der Waals surface area contributed by atoms with Gasteiger partial charge in [0.25, 0.3) is 6.43 Å². The Morgan fingerprint density at radius 3 is 2.38 bits per heavy atom. The number of hydrogen-bond donors (Lipinski definition) is 1. The second kappa shape index (κ2) is 5.55. The van der Waals surface area contributed by atoms with Gasteiger partial charge in [0.1, 0.15) is 11.9 Å². The first-order valence-electron chi connectivity index (χ1n) is 4.68. The number of halogens is 2. The van der Waals surface area contributed by atoms with Gasteiger partial charge in [-0.25, -0.2) is 8.78 Å². The van der Waals surface area contributed by atoms with E-state index in [0.29, 0.717) is 5.75 Å². The Balaban J connectivity index is 2.66. The average Bonchev–Trinajstić information content (AvgIpc) is 2.28. The van der Waals surface area contributed by atoms with Crippen LogP contribution in [0.2, 0.25) is 0 Å². The lowest BCUT2D eigenvalue weighted by Gasteiger charge is -2.08. The molecular weight excluding hydrogens is 218 g/mol. The van der Waals surface area contributed by atoms with Crippen LogP contribution in [0.1, 0.15) is 16.8 Å². The van der Waals surface area contributed by atoms with Crippen molar-refractivity contribution in [2.24, 2.45) is 0 Å². The van der Waals surface area contributed by atoms with Crippen LogP contribution in [-0.4, -0.2) is 30.5 Å².